The minimum Gasteiger partial charge on any atom is -0.399 e. The van der Waals surface area contributed by atoms with Gasteiger partial charge >= 0.3 is 0 Å². The first-order chi connectivity index (χ1) is 9.61. The zero-order valence-corrected chi connectivity index (χ0v) is 13.6. The number of benzene rings is 1. The van der Waals surface area contributed by atoms with Gasteiger partial charge in [-0.3, -0.25) is 0 Å². The maximum Gasteiger partial charge on any atom is 0.241 e. The lowest BCUT2D eigenvalue weighted by molar-refractivity contribution is 0.218. The molecule has 1 saturated carbocycles. The van der Waals surface area contributed by atoms with Gasteiger partial charge in [0.2, 0.25) is 10.0 Å². The van der Waals surface area contributed by atoms with E-state index in [9.17, 15) is 12.8 Å². The fourth-order valence-corrected chi connectivity index (χ4v) is 4.35. The van der Waals surface area contributed by atoms with Gasteiger partial charge in [-0.05, 0) is 50.2 Å². The second-order valence-electron chi connectivity index (χ2n) is 6.69. The van der Waals surface area contributed by atoms with Crippen molar-refractivity contribution in [2.75, 3.05) is 5.73 Å². The summed E-state index contributed by atoms with van der Waals surface area (Å²) < 4.78 is 41.3. The molecule has 0 radical (unpaired) electrons. The fourth-order valence-electron chi connectivity index (χ4n) is 2.75. The van der Waals surface area contributed by atoms with Gasteiger partial charge in [-0.1, -0.05) is 13.8 Å². The summed E-state index contributed by atoms with van der Waals surface area (Å²) in [6, 6.07) is 2.36. The van der Waals surface area contributed by atoms with Crippen molar-refractivity contribution in [1.82, 2.24) is 4.72 Å². The van der Waals surface area contributed by atoms with Crippen molar-refractivity contribution in [3.63, 3.8) is 0 Å². The standard InChI is InChI=1S/C15H23FN2O2S/c1-10-13(16)8-11(17)9-14(10)21(19,20)18-12-4-6-15(2,3)7-5-12/h8-9,12,18H,4-7,17H2,1-3H3. The third-order valence-electron chi connectivity index (χ3n) is 4.27. The van der Waals surface area contributed by atoms with Crippen LogP contribution in [0.25, 0.3) is 0 Å². The Hall–Kier alpha value is -1.14. The second-order valence-corrected chi connectivity index (χ2v) is 8.37. The van der Waals surface area contributed by atoms with Crippen LogP contribution in [0.4, 0.5) is 10.1 Å². The first kappa shape index (κ1) is 16.2. The highest BCUT2D eigenvalue weighted by Gasteiger charge is 2.30. The number of sulfonamides is 1. The summed E-state index contributed by atoms with van der Waals surface area (Å²) in [7, 11) is -3.74. The molecule has 1 aliphatic rings. The Kier molecular flexibility index (Phi) is 4.31. The summed E-state index contributed by atoms with van der Waals surface area (Å²) in [6.07, 6.45) is 3.56. The van der Waals surface area contributed by atoms with E-state index < -0.39 is 15.8 Å². The zero-order valence-electron chi connectivity index (χ0n) is 12.7. The van der Waals surface area contributed by atoms with Gasteiger partial charge in [-0.2, -0.15) is 0 Å². The highest BCUT2D eigenvalue weighted by atomic mass is 32.2. The summed E-state index contributed by atoms with van der Waals surface area (Å²) >= 11 is 0. The molecule has 0 saturated heterocycles. The Balaban J connectivity index is 2.20. The van der Waals surface area contributed by atoms with Crippen LogP contribution in [0.1, 0.15) is 45.1 Å². The van der Waals surface area contributed by atoms with Gasteiger partial charge in [-0.15, -0.1) is 0 Å². The summed E-state index contributed by atoms with van der Waals surface area (Å²) in [5.41, 5.74) is 6.05. The molecule has 0 heterocycles. The number of nitrogens with two attached hydrogens (primary N) is 1. The predicted molar refractivity (Wildman–Crippen MR) is 81.9 cm³/mol. The Bertz CT molecular complexity index is 631. The average Bonchev–Trinajstić information content (AvgIpc) is 2.36. The number of rotatable bonds is 3. The van der Waals surface area contributed by atoms with Crippen LogP contribution in [0.5, 0.6) is 0 Å². The second kappa shape index (κ2) is 5.57. The topological polar surface area (TPSA) is 72.2 Å². The van der Waals surface area contributed by atoms with Crippen molar-refractivity contribution < 1.29 is 12.8 Å². The number of hydrogen-bond donors (Lipinski definition) is 2. The molecule has 1 fully saturated rings. The molecule has 0 atom stereocenters. The molecular formula is C15H23FN2O2S. The largest absolute Gasteiger partial charge is 0.399 e. The van der Waals surface area contributed by atoms with E-state index in [4.69, 9.17) is 5.73 Å². The molecule has 4 nitrogen and oxygen atoms in total. The number of nitrogen functional groups attached to an aromatic ring is 1. The normalized spacial score (nSPS) is 19.6. The Morgan fingerprint density at radius 1 is 1.29 bits per heavy atom. The molecule has 1 aliphatic carbocycles. The van der Waals surface area contributed by atoms with Crippen LogP contribution in [-0.2, 0) is 10.0 Å². The van der Waals surface area contributed by atoms with E-state index in [1.54, 1.807) is 0 Å². The van der Waals surface area contributed by atoms with E-state index in [2.05, 4.69) is 18.6 Å². The van der Waals surface area contributed by atoms with E-state index in [0.717, 1.165) is 31.7 Å². The van der Waals surface area contributed by atoms with Crippen LogP contribution in [0.15, 0.2) is 17.0 Å². The lowest BCUT2D eigenvalue weighted by Crippen LogP contribution is -2.39. The highest BCUT2D eigenvalue weighted by molar-refractivity contribution is 7.89. The summed E-state index contributed by atoms with van der Waals surface area (Å²) in [4.78, 5) is -0.0650. The summed E-state index contributed by atoms with van der Waals surface area (Å²) in [6.45, 7) is 5.83. The van der Waals surface area contributed by atoms with Crippen LogP contribution in [-0.4, -0.2) is 14.5 Å². The quantitative estimate of drug-likeness (QED) is 0.843. The molecule has 0 aromatic heterocycles. The van der Waals surface area contributed by atoms with E-state index in [-0.39, 0.29) is 27.6 Å². The molecule has 0 spiro atoms. The van der Waals surface area contributed by atoms with Gasteiger partial charge in [0, 0.05) is 17.3 Å². The summed E-state index contributed by atoms with van der Waals surface area (Å²) in [5.74, 6) is -0.597. The Morgan fingerprint density at radius 3 is 2.43 bits per heavy atom. The molecule has 1 aromatic rings. The minimum atomic E-state index is -3.74. The van der Waals surface area contributed by atoms with Crippen molar-refractivity contribution >= 4 is 15.7 Å². The zero-order chi connectivity index (χ0) is 15.8. The van der Waals surface area contributed by atoms with Crippen molar-refractivity contribution in [3.8, 4) is 0 Å². The Labute approximate surface area is 126 Å². The smallest absolute Gasteiger partial charge is 0.241 e. The molecule has 6 heteroatoms. The number of halogens is 1. The number of nitrogens with one attached hydrogen (secondary N) is 1. The molecule has 2 rings (SSSR count). The van der Waals surface area contributed by atoms with Gasteiger partial charge in [0.1, 0.15) is 5.82 Å². The third kappa shape index (κ3) is 3.74. The van der Waals surface area contributed by atoms with Crippen molar-refractivity contribution in [2.45, 2.75) is 57.4 Å². The fraction of sp³-hybridized carbons (Fsp3) is 0.600. The third-order valence-corrected chi connectivity index (χ3v) is 5.92. The maximum absolute atomic E-state index is 13.7. The van der Waals surface area contributed by atoms with Crippen LogP contribution in [0.2, 0.25) is 0 Å². The van der Waals surface area contributed by atoms with Crippen LogP contribution in [0, 0.1) is 18.2 Å². The van der Waals surface area contributed by atoms with E-state index in [1.165, 1.54) is 13.0 Å². The molecule has 0 unspecified atom stereocenters. The molecule has 3 N–H and O–H groups in total. The first-order valence-corrected chi connectivity index (χ1v) is 8.67. The lowest BCUT2D eigenvalue weighted by Gasteiger charge is -2.34. The van der Waals surface area contributed by atoms with E-state index >= 15 is 0 Å². The van der Waals surface area contributed by atoms with Crippen LogP contribution < -0.4 is 10.5 Å². The van der Waals surface area contributed by atoms with Crippen LogP contribution >= 0.6 is 0 Å². The van der Waals surface area contributed by atoms with Gasteiger partial charge in [0.15, 0.2) is 0 Å². The predicted octanol–water partition coefficient (Wildman–Crippen LogP) is 2.96. The van der Waals surface area contributed by atoms with Crippen LogP contribution in [0.3, 0.4) is 0 Å². The monoisotopic (exact) mass is 314 g/mol. The summed E-state index contributed by atoms with van der Waals surface area (Å²) in [5, 5.41) is 0. The molecule has 118 valence electrons. The molecule has 1 aromatic carbocycles. The van der Waals surface area contributed by atoms with E-state index in [0.29, 0.717) is 0 Å². The first-order valence-electron chi connectivity index (χ1n) is 7.19. The van der Waals surface area contributed by atoms with Crippen molar-refractivity contribution in [2.24, 2.45) is 5.41 Å². The number of anilines is 1. The van der Waals surface area contributed by atoms with Gasteiger partial charge in [0.05, 0.1) is 4.90 Å². The van der Waals surface area contributed by atoms with Crippen molar-refractivity contribution in [1.29, 1.82) is 0 Å². The maximum atomic E-state index is 13.7. The van der Waals surface area contributed by atoms with Gasteiger partial charge in [-0.25, -0.2) is 17.5 Å². The molecule has 21 heavy (non-hydrogen) atoms. The van der Waals surface area contributed by atoms with Gasteiger partial charge < -0.3 is 5.73 Å². The Morgan fingerprint density at radius 2 is 1.86 bits per heavy atom. The number of hydrogen-bond acceptors (Lipinski definition) is 3. The highest BCUT2D eigenvalue weighted by Crippen LogP contribution is 2.35. The minimum absolute atomic E-state index is 0.0650. The lowest BCUT2D eigenvalue weighted by atomic mass is 9.76. The van der Waals surface area contributed by atoms with Gasteiger partial charge in [0.25, 0.3) is 0 Å². The molecule has 0 amide bonds. The SMILES string of the molecule is Cc1c(F)cc(N)cc1S(=O)(=O)NC1CCC(C)(C)CC1. The molecule has 0 aliphatic heterocycles. The van der Waals surface area contributed by atoms with E-state index in [1.807, 2.05) is 0 Å². The van der Waals surface area contributed by atoms with Crippen molar-refractivity contribution in [3.05, 3.63) is 23.5 Å². The average molecular weight is 314 g/mol. The molecular weight excluding hydrogens is 291 g/mol. The molecule has 0 bridgehead atoms.